The van der Waals surface area contributed by atoms with Crippen molar-refractivity contribution in [3.05, 3.63) is 28.8 Å². The third-order valence-corrected chi connectivity index (χ3v) is 2.89. The highest BCUT2D eigenvalue weighted by molar-refractivity contribution is 6.31. The highest BCUT2D eigenvalue weighted by Crippen LogP contribution is 2.23. The Morgan fingerprint density at radius 1 is 1.31 bits per heavy atom. The Morgan fingerprint density at radius 3 is 2.56 bits per heavy atom. The fourth-order valence-corrected chi connectivity index (χ4v) is 1.83. The summed E-state index contributed by atoms with van der Waals surface area (Å²) in [4.78, 5) is 2.14. The summed E-state index contributed by atoms with van der Waals surface area (Å²) in [5.41, 5.74) is 1.77. The lowest BCUT2D eigenvalue weighted by molar-refractivity contribution is 0.282. The standard InChI is InChI=1S/C12H18ClNO2/c1-2-14(6-3-7-15)11-5-4-10(9-16)12(13)8-11/h4-5,8,15-16H,2-3,6-7,9H2,1H3. The molecule has 16 heavy (non-hydrogen) atoms. The van der Waals surface area contributed by atoms with Crippen molar-refractivity contribution in [2.75, 3.05) is 24.6 Å². The SMILES string of the molecule is CCN(CCCO)c1ccc(CO)c(Cl)c1. The average Bonchev–Trinajstić information content (AvgIpc) is 2.30. The molecule has 0 aliphatic heterocycles. The molecule has 0 saturated carbocycles. The molecule has 1 aromatic rings. The van der Waals surface area contributed by atoms with Crippen LogP contribution in [0.5, 0.6) is 0 Å². The fourth-order valence-electron chi connectivity index (χ4n) is 1.59. The molecule has 4 heteroatoms. The van der Waals surface area contributed by atoms with E-state index in [-0.39, 0.29) is 13.2 Å². The molecular formula is C12H18ClNO2. The van der Waals surface area contributed by atoms with Gasteiger partial charge in [-0.2, -0.15) is 0 Å². The quantitative estimate of drug-likeness (QED) is 0.804. The zero-order valence-electron chi connectivity index (χ0n) is 9.49. The second-order valence-corrected chi connectivity index (χ2v) is 4.00. The van der Waals surface area contributed by atoms with Crippen LogP contribution in [-0.4, -0.2) is 29.9 Å². The molecule has 0 spiro atoms. The van der Waals surface area contributed by atoms with Crippen LogP contribution in [-0.2, 0) is 6.61 Å². The number of rotatable bonds is 6. The van der Waals surface area contributed by atoms with Crippen molar-refractivity contribution in [2.24, 2.45) is 0 Å². The molecule has 0 saturated heterocycles. The van der Waals surface area contributed by atoms with Gasteiger partial charge >= 0.3 is 0 Å². The van der Waals surface area contributed by atoms with Crippen molar-refractivity contribution in [3.8, 4) is 0 Å². The number of halogens is 1. The minimum absolute atomic E-state index is 0.0398. The van der Waals surface area contributed by atoms with Crippen LogP contribution in [0.15, 0.2) is 18.2 Å². The predicted molar refractivity (Wildman–Crippen MR) is 67.0 cm³/mol. The molecule has 0 aliphatic rings. The molecule has 0 aromatic heterocycles. The Kier molecular flexibility index (Phi) is 5.60. The van der Waals surface area contributed by atoms with Crippen LogP contribution >= 0.6 is 11.6 Å². The number of benzene rings is 1. The molecule has 3 nitrogen and oxygen atoms in total. The van der Waals surface area contributed by atoms with Crippen molar-refractivity contribution in [1.82, 2.24) is 0 Å². The van der Waals surface area contributed by atoms with Crippen LogP contribution in [0.1, 0.15) is 18.9 Å². The maximum absolute atomic E-state index is 9.02. The van der Waals surface area contributed by atoms with E-state index in [1.54, 1.807) is 0 Å². The number of nitrogens with zero attached hydrogens (tertiary/aromatic N) is 1. The third kappa shape index (κ3) is 3.37. The van der Waals surface area contributed by atoms with Crippen molar-refractivity contribution >= 4 is 17.3 Å². The Hall–Kier alpha value is -0.770. The van der Waals surface area contributed by atoms with Gasteiger partial charge in [-0.05, 0) is 31.0 Å². The highest BCUT2D eigenvalue weighted by atomic mass is 35.5. The lowest BCUT2D eigenvalue weighted by Crippen LogP contribution is -2.24. The van der Waals surface area contributed by atoms with E-state index in [0.717, 1.165) is 30.8 Å². The first-order valence-corrected chi connectivity index (χ1v) is 5.85. The van der Waals surface area contributed by atoms with E-state index < -0.39 is 0 Å². The van der Waals surface area contributed by atoms with Crippen LogP contribution < -0.4 is 4.90 Å². The van der Waals surface area contributed by atoms with Gasteiger partial charge in [0.05, 0.1) is 6.61 Å². The highest BCUT2D eigenvalue weighted by Gasteiger charge is 2.06. The Morgan fingerprint density at radius 2 is 2.06 bits per heavy atom. The fraction of sp³-hybridized carbons (Fsp3) is 0.500. The summed E-state index contributed by atoms with van der Waals surface area (Å²) in [6.45, 7) is 3.89. The van der Waals surface area contributed by atoms with Gasteiger partial charge in [0.1, 0.15) is 0 Å². The minimum atomic E-state index is -0.0398. The number of aliphatic hydroxyl groups excluding tert-OH is 2. The number of aliphatic hydroxyl groups is 2. The first-order valence-electron chi connectivity index (χ1n) is 5.48. The van der Waals surface area contributed by atoms with Gasteiger partial charge in [-0.3, -0.25) is 0 Å². The maximum atomic E-state index is 9.02. The van der Waals surface area contributed by atoms with Crippen LogP contribution in [0.4, 0.5) is 5.69 Å². The molecule has 0 atom stereocenters. The molecule has 0 fully saturated rings. The number of hydrogen-bond donors (Lipinski definition) is 2. The smallest absolute Gasteiger partial charge is 0.0696 e. The predicted octanol–water partition coefficient (Wildman–Crippen LogP) is 2.04. The van der Waals surface area contributed by atoms with E-state index in [4.69, 9.17) is 21.8 Å². The first-order chi connectivity index (χ1) is 7.72. The second kappa shape index (κ2) is 6.74. The van der Waals surface area contributed by atoms with E-state index in [0.29, 0.717) is 5.02 Å². The normalized spacial score (nSPS) is 10.5. The van der Waals surface area contributed by atoms with Gasteiger partial charge in [-0.1, -0.05) is 17.7 Å². The monoisotopic (exact) mass is 243 g/mol. The van der Waals surface area contributed by atoms with Crippen LogP contribution in [0, 0.1) is 0 Å². The molecule has 2 N–H and O–H groups in total. The minimum Gasteiger partial charge on any atom is -0.396 e. The summed E-state index contributed by atoms with van der Waals surface area (Å²) >= 11 is 6.03. The number of hydrogen-bond acceptors (Lipinski definition) is 3. The molecular weight excluding hydrogens is 226 g/mol. The zero-order chi connectivity index (χ0) is 12.0. The summed E-state index contributed by atoms with van der Waals surface area (Å²) in [6.07, 6.45) is 0.743. The third-order valence-electron chi connectivity index (χ3n) is 2.54. The number of anilines is 1. The zero-order valence-corrected chi connectivity index (χ0v) is 10.2. The molecule has 0 heterocycles. The van der Waals surface area contributed by atoms with Gasteiger partial charge in [-0.15, -0.1) is 0 Å². The first kappa shape index (κ1) is 13.3. The summed E-state index contributed by atoms with van der Waals surface area (Å²) in [5.74, 6) is 0. The molecule has 90 valence electrons. The van der Waals surface area contributed by atoms with Gasteiger partial charge < -0.3 is 15.1 Å². The Labute approximate surface area is 101 Å². The van der Waals surface area contributed by atoms with Gasteiger partial charge in [0, 0.05) is 30.4 Å². The van der Waals surface area contributed by atoms with Gasteiger partial charge in [0.25, 0.3) is 0 Å². The van der Waals surface area contributed by atoms with E-state index in [1.807, 2.05) is 18.2 Å². The second-order valence-electron chi connectivity index (χ2n) is 3.59. The largest absolute Gasteiger partial charge is 0.396 e. The van der Waals surface area contributed by atoms with E-state index >= 15 is 0 Å². The van der Waals surface area contributed by atoms with E-state index in [1.165, 1.54) is 0 Å². The van der Waals surface area contributed by atoms with Gasteiger partial charge in [0.2, 0.25) is 0 Å². The van der Waals surface area contributed by atoms with Crippen LogP contribution in [0.2, 0.25) is 5.02 Å². The van der Waals surface area contributed by atoms with Crippen LogP contribution in [0.3, 0.4) is 0 Å². The summed E-state index contributed by atoms with van der Waals surface area (Å²) in [6, 6.07) is 5.63. The molecule has 0 aliphatic carbocycles. The van der Waals surface area contributed by atoms with Crippen molar-refractivity contribution in [1.29, 1.82) is 0 Å². The molecule has 1 aromatic carbocycles. The average molecular weight is 244 g/mol. The summed E-state index contributed by atoms with van der Waals surface area (Å²) in [5, 5.41) is 18.4. The lowest BCUT2D eigenvalue weighted by atomic mass is 10.2. The maximum Gasteiger partial charge on any atom is 0.0696 e. The topological polar surface area (TPSA) is 43.7 Å². The molecule has 0 bridgehead atoms. The summed E-state index contributed by atoms with van der Waals surface area (Å²) in [7, 11) is 0. The van der Waals surface area contributed by atoms with Crippen molar-refractivity contribution < 1.29 is 10.2 Å². The lowest BCUT2D eigenvalue weighted by Gasteiger charge is -2.23. The molecule has 1 rings (SSSR count). The van der Waals surface area contributed by atoms with Gasteiger partial charge in [0.15, 0.2) is 0 Å². The molecule has 0 amide bonds. The molecule has 0 unspecified atom stereocenters. The summed E-state index contributed by atoms with van der Waals surface area (Å²) < 4.78 is 0. The molecule has 0 radical (unpaired) electrons. The van der Waals surface area contributed by atoms with E-state index in [9.17, 15) is 0 Å². The Bertz CT molecular complexity index is 331. The van der Waals surface area contributed by atoms with Crippen molar-refractivity contribution in [3.63, 3.8) is 0 Å². The van der Waals surface area contributed by atoms with Crippen LogP contribution in [0.25, 0.3) is 0 Å². The Balaban J connectivity index is 2.80. The van der Waals surface area contributed by atoms with Crippen molar-refractivity contribution in [2.45, 2.75) is 20.0 Å². The van der Waals surface area contributed by atoms with E-state index in [2.05, 4.69) is 11.8 Å². The van der Waals surface area contributed by atoms with Gasteiger partial charge in [-0.25, -0.2) is 0 Å².